The average Bonchev–Trinajstić information content (AvgIpc) is 2.54. The summed E-state index contributed by atoms with van der Waals surface area (Å²) in [6, 6.07) is 0. The van der Waals surface area contributed by atoms with E-state index in [9.17, 15) is 0 Å². The summed E-state index contributed by atoms with van der Waals surface area (Å²) in [5.74, 6) is 0. The molecule has 1 heterocycles. The lowest BCUT2D eigenvalue weighted by molar-refractivity contribution is 0.616. The predicted molar refractivity (Wildman–Crippen MR) is 58.4 cm³/mol. The van der Waals surface area contributed by atoms with Crippen LogP contribution in [0, 0.1) is 0 Å². The van der Waals surface area contributed by atoms with E-state index in [-0.39, 0.29) is 0 Å². The quantitative estimate of drug-likeness (QED) is 0.692. The zero-order chi connectivity index (χ0) is 9.84. The molecule has 2 nitrogen and oxygen atoms in total. The van der Waals surface area contributed by atoms with Gasteiger partial charge in [0.25, 0.3) is 0 Å². The van der Waals surface area contributed by atoms with Gasteiger partial charge in [-0.3, -0.25) is 4.68 Å². The minimum Gasteiger partial charge on any atom is -0.268 e. The second-order valence-electron chi connectivity index (χ2n) is 2.95. The number of rotatable bonds is 4. The Hall–Kier alpha value is -0.440. The zero-order valence-corrected chi connectivity index (χ0v) is 9.74. The first-order chi connectivity index (χ1) is 6.28. The molecule has 1 rings (SSSR count). The summed E-state index contributed by atoms with van der Waals surface area (Å²) >= 11 is 1.82. The van der Waals surface area contributed by atoms with Crippen LogP contribution in [0.4, 0.5) is 0 Å². The topological polar surface area (TPSA) is 17.8 Å². The molecule has 0 radical (unpaired) electrons. The van der Waals surface area contributed by atoms with Gasteiger partial charge in [-0.1, -0.05) is 13.8 Å². The van der Waals surface area contributed by atoms with Gasteiger partial charge >= 0.3 is 0 Å². The van der Waals surface area contributed by atoms with Crippen molar-refractivity contribution in [2.24, 2.45) is 0 Å². The third-order valence-corrected chi connectivity index (χ3v) is 3.13. The highest BCUT2D eigenvalue weighted by molar-refractivity contribution is 7.98. The number of nitrogens with zero attached hydrogens (tertiary/aromatic N) is 2. The van der Waals surface area contributed by atoms with Gasteiger partial charge in [-0.05, 0) is 26.0 Å². The van der Waals surface area contributed by atoms with Crippen molar-refractivity contribution in [3.63, 3.8) is 0 Å². The molecule has 0 fully saturated rings. The van der Waals surface area contributed by atoms with Crippen molar-refractivity contribution in [3.05, 3.63) is 11.4 Å². The van der Waals surface area contributed by atoms with Crippen LogP contribution in [-0.2, 0) is 19.4 Å². The maximum atomic E-state index is 4.58. The summed E-state index contributed by atoms with van der Waals surface area (Å²) in [5.41, 5.74) is 2.65. The highest BCUT2D eigenvalue weighted by atomic mass is 32.2. The van der Waals surface area contributed by atoms with E-state index in [1.165, 1.54) is 16.3 Å². The largest absolute Gasteiger partial charge is 0.268 e. The third kappa shape index (κ3) is 1.90. The van der Waals surface area contributed by atoms with Crippen LogP contribution in [0.15, 0.2) is 4.90 Å². The molecular formula is C10H18N2S. The Morgan fingerprint density at radius 1 is 1.23 bits per heavy atom. The summed E-state index contributed by atoms with van der Waals surface area (Å²) in [6.07, 6.45) is 4.25. The summed E-state index contributed by atoms with van der Waals surface area (Å²) in [7, 11) is 0. The first-order valence-corrected chi connectivity index (χ1v) is 6.13. The maximum Gasteiger partial charge on any atom is 0.0760 e. The van der Waals surface area contributed by atoms with Crippen molar-refractivity contribution in [1.82, 2.24) is 9.78 Å². The molecule has 0 N–H and O–H groups in total. The summed E-state index contributed by atoms with van der Waals surface area (Å²) in [5, 5.41) is 4.58. The molecule has 0 saturated carbocycles. The van der Waals surface area contributed by atoms with Crippen LogP contribution in [0.1, 0.15) is 32.2 Å². The summed E-state index contributed by atoms with van der Waals surface area (Å²) < 4.78 is 2.13. The molecule has 0 amide bonds. The van der Waals surface area contributed by atoms with Gasteiger partial charge in [0.05, 0.1) is 16.3 Å². The monoisotopic (exact) mass is 198 g/mol. The number of hydrogen-bond donors (Lipinski definition) is 0. The lowest BCUT2D eigenvalue weighted by atomic mass is 10.2. The normalized spacial score (nSPS) is 10.8. The van der Waals surface area contributed by atoms with Gasteiger partial charge in [0.2, 0.25) is 0 Å². The molecule has 74 valence electrons. The molecule has 0 saturated heterocycles. The second-order valence-corrected chi connectivity index (χ2v) is 3.77. The Morgan fingerprint density at radius 3 is 2.31 bits per heavy atom. The number of thioether (sulfide) groups is 1. The minimum absolute atomic E-state index is 0.983. The van der Waals surface area contributed by atoms with Gasteiger partial charge in [-0.25, -0.2) is 0 Å². The van der Waals surface area contributed by atoms with Crippen LogP contribution in [0.3, 0.4) is 0 Å². The summed E-state index contributed by atoms with van der Waals surface area (Å²) in [4.78, 5) is 1.40. The molecule has 1 aromatic rings. The molecule has 0 bridgehead atoms. The van der Waals surface area contributed by atoms with Gasteiger partial charge in [0.1, 0.15) is 0 Å². The number of aryl methyl sites for hydroxylation is 2. The van der Waals surface area contributed by atoms with Crippen LogP contribution in [0.2, 0.25) is 0 Å². The molecule has 0 aliphatic heterocycles. The van der Waals surface area contributed by atoms with Gasteiger partial charge in [-0.2, -0.15) is 5.10 Å². The van der Waals surface area contributed by atoms with E-state index in [0.717, 1.165) is 19.4 Å². The van der Waals surface area contributed by atoms with Gasteiger partial charge < -0.3 is 0 Å². The maximum absolute atomic E-state index is 4.58. The van der Waals surface area contributed by atoms with E-state index < -0.39 is 0 Å². The zero-order valence-electron chi connectivity index (χ0n) is 8.92. The molecule has 0 aromatic carbocycles. The van der Waals surface area contributed by atoms with Crippen LogP contribution in [0.5, 0.6) is 0 Å². The Morgan fingerprint density at radius 2 is 1.92 bits per heavy atom. The smallest absolute Gasteiger partial charge is 0.0760 e. The van der Waals surface area contributed by atoms with E-state index in [0.29, 0.717) is 0 Å². The second kappa shape index (κ2) is 4.70. The third-order valence-electron chi connectivity index (χ3n) is 2.25. The average molecular weight is 198 g/mol. The lowest BCUT2D eigenvalue weighted by Crippen LogP contribution is -2.01. The number of hydrogen-bond acceptors (Lipinski definition) is 2. The summed E-state index contributed by atoms with van der Waals surface area (Å²) in [6.45, 7) is 7.50. The van der Waals surface area contributed by atoms with E-state index in [1.54, 1.807) is 0 Å². The van der Waals surface area contributed by atoms with Crippen molar-refractivity contribution < 1.29 is 0 Å². The highest BCUT2D eigenvalue weighted by Gasteiger charge is 2.12. The molecule has 3 heteroatoms. The standard InChI is InChI=1S/C10H18N2S/c1-5-8-10(13-4)9(6-2)12(7-3)11-8/h5-7H2,1-4H3. The molecule has 0 aliphatic rings. The molecule has 0 aliphatic carbocycles. The van der Waals surface area contributed by atoms with Gasteiger partial charge in [-0.15, -0.1) is 11.8 Å². The van der Waals surface area contributed by atoms with E-state index in [2.05, 4.69) is 36.8 Å². The van der Waals surface area contributed by atoms with Crippen molar-refractivity contribution in [1.29, 1.82) is 0 Å². The molecular weight excluding hydrogens is 180 g/mol. The van der Waals surface area contributed by atoms with Crippen LogP contribution in [-0.4, -0.2) is 16.0 Å². The fourth-order valence-corrected chi connectivity index (χ4v) is 2.51. The minimum atomic E-state index is 0.983. The van der Waals surface area contributed by atoms with Crippen molar-refractivity contribution in [2.45, 2.75) is 45.1 Å². The van der Waals surface area contributed by atoms with Crippen molar-refractivity contribution in [3.8, 4) is 0 Å². The van der Waals surface area contributed by atoms with E-state index in [4.69, 9.17) is 0 Å². The van der Waals surface area contributed by atoms with Crippen LogP contribution in [0.25, 0.3) is 0 Å². The molecule has 0 atom stereocenters. The van der Waals surface area contributed by atoms with Crippen LogP contribution < -0.4 is 0 Å². The van der Waals surface area contributed by atoms with Crippen molar-refractivity contribution >= 4 is 11.8 Å². The SMILES string of the molecule is CCc1nn(CC)c(CC)c1SC. The van der Waals surface area contributed by atoms with Gasteiger partial charge in [0.15, 0.2) is 0 Å². The lowest BCUT2D eigenvalue weighted by Gasteiger charge is -2.02. The first-order valence-electron chi connectivity index (χ1n) is 4.90. The van der Waals surface area contributed by atoms with Crippen LogP contribution >= 0.6 is 11.8 Å². The molecule has 1 aromatic heterocycles. The Labute approximate surface area is 84.7 Å². The number of aromatic nitrogens is 2. The first kappa shape index (κ1) is 10.6. The fraction of sp³-hybridized carbons (Fsp3) is 0.700. The van der Waals surface area contributed by atoms with Crippen molar-refractivity contribution in [2.75, 3.05) is 6.26 Å². The van der Waals surface area contributed by atoms with E-state index in [1.807, 2.05) is 11.8 Å². The molecule has 0 unspecified atom stereocenters. The molecule has 0 spiro atoms. The Bertz CT molecular complexity index is 252. The molecule has 13 heavy (non-hydrogen) atoms. The highest BCUT2D eigenvalue weighted by Crippen LogP contribution is 2.25. The van der Waals surface area contributed by atoms with E-state index >= 15 is 0 Å². The van der Waals surface area contributed by atoms with Gasteiger partial charge in [0, 0.05) is 6.54 Å². The Balaban J connectivity index is 3.17. The fourth-order valence-electron chi connectivity index (χ4n) is 1.61. The predicted octanol–water partition coefficient (Wildman–Crippen LogP) is 2.75. The Kier molecular flexibility index (Phi) is 3.85.